The van der Waals surface area contributed by atoms with Gasteiger partial charge in [-0.2, -0.15) is 0 Å². The minimum absolute atomic E-state index is 0. The number of amides is 1. The Morgan fingerprint density at radius 1 is 1.09 bits per heavy atom. The molecular weight excluding hydrogens is 531 g/mol. The molecule has 7 nitrogen and oxygen atoms in total. The number of nitrogens with zero attached hydrogens (tertiary/aromatic N) is 2. The summed E-state index contributed by atoms with van der Waals surface area (Å²) in [7, 11) is 7.05. The number of hydrogen-bond donors (Lipinski definition) is 2. The van der Waals surface area contributed by atoms with Gasteiger partial charge in [-0.3, -0.25) is 9.79 Å². The van der Waals surface area contributed by atoms with Gasteiger partial charge in [-0.1, -0.05) is 25.1 Å². The molecule has 1 unspecified atom stereocenters. The third-order valence-electron chi connectivity index (χ3n) is 5.39. The van der Waals surface area contributed by atoms with Crippen molar-refractivity contribution in [2.45, 2.75) is 39.3 Å². The third-order valence-corrected chi connectivity index (χ3v) is 5.39. The molecule has 0 spiro atoms. The maximum Gasteiger partial charge on any atom is 0.251 e. The van der Waals surface area contributed by atoms with Gasteiger partial charge in [-0.05, 0) is 55.2 Å². The van der Waals surface area contributed by atoms with Crippen LogP contribution in [0.3, 0.4) is 0 Å². The highest BCUT2D eigenvalue weighted by molar-refractivity contribution is 14.0. The SMILES string of the molecule is CCC(C)NC(=O)c1cccc(CNC(=NC)N(C)CCc2ccc(OC)c(OC)c2)c1.I. The van der Waals surface area contributed by atoms with Gasteiger partial charge in [0.15, 0.2) is 17.5 Å². The smallest absolute Gasteiger partial charge is 0.251 e. The lowest BCUT2D eigenvalue weighted by atomic mass is 10.1. The number of carbonyl (C=O) groups is 1. The highest BCUT2D eigenvalue weighted by atomic mass is 127. The van der Waals surface area contributed by atoms with Gasteiger partial charge < -0.3 is 25.0 Å². The number of benzene rings is 2. The van der Waals surface area contributed by atoms with Crippen LogP contribution in [-0.2, 0) is 13.0 Å². The summed E-state index contributed by atoms with van der Waals surface area (Å²) < 4.78 is 10.7. The molecule has 33 heavy (non-hydrogen) atoms. The van der Waals surface area contributed by atoms with Crippen LogP contribution >= 0.6 is 24.0 Å². The van der Waals surface area contributed by atoms with Crippen molar-refractivity contribution in [1.29, 1.82) is 0 Å². The molecule has 182 valence electrons. The maximum atomic E-state index is 12.4. The number of nitrogens with one attached hydrogen (secondary N) is 2. The summed E-state index contributed by atoms with van der Waals surface area (Å²) in [6, 6.07) is 13.8. The van der Waals surface area contributed by atoms with Crippen LogP contribution in [0.2, 0.25) is 0 Å². The lowest BCUT2D eigenvalue weighted by Crippen LogP contribution is -2.39. The molecule has 0 saturated carbocycles. The Morgan fingerprint density at radius 2 is 1.82 bits per heavy atom. The van der Waals surface area contributed by atoms with E-state index in [1.54, 1.807) is 21.3 Å². The van der Waals surface area contributed by atoms with Gasteiger partial charge in [0.05, 0.1) is 14.2 Å². The molecule has 2 aromatic rings. The van der Waals surface area contributed by atoms with Crippen LogP contribution < -0.4 is 20.1 Å². The number of rotatable bonds is 10. The maximum absolute atomic E-state index is 12.4. The van der Waals surface area contributed by atoms with Crippen molar-refractivity contribution in [2.24, 2.45) is 4.99 Å². The molecule has 0 saturated heterocycles. The normalized spacial score (nSPS) is 11.8. The van der Waals surface area contributed by atoms with E-state index in [2.05, 4.69) is 27.4 Å². The fourth-order valence-electron chi connectivity index (χ4n) is 3.24. The van der Waals surface area contributed by atoms with Crippen molar-refractivity contribution in [3.8, 4) is 11.5 Å². The zero-order chi connectivity index (χ0) is 23.5. The number of guanidine groups is 1. The summed E-state index contributed by atoms with van der Waals surface area (Å²) in [5.41, 5.74) is 2.85. The standard InChI is InChI=1S/C25H36N4O3.HI/c1-7-18(2)28-24(30)21-10-8-9-20(15-21)17-27-25(26-3)29(4)14-13-19-11-12-22(31-5)23(16-19)32-6;/h8-12,15-16,18H,7,13-14,17H2,1-6H3,(H,26,27)(H,28,30);1H. The van der Waals surface area contributed by atoms with E-state index in [1.165, 1.54) is 0 Å². The van der Waals surface area contributed by atoms with E-state index < -0.39 is 0 Å². The minimum Gasteiger partial charge on any atom is -0.493 e. The number of ether oxygens (including phenoxy) is 2. The molecule has 1 amide bonds. The number of likely N-dealkylation sites (N-methyl/N-ethyl adjacent to an activating group) is 1. The lowest BCUT2D eigenvalue weighted by Gasteiger charge is -2.22. The Kier molecular flexibility index (Phi) is 12.6. The molecule has 2 rings (SSSR count). The quantitative estimate of drug-likeness (QED) is 0.257. The zero-order valence-corrected chi connectivity index (χ0v) is 22.8. The van der Waals surface area contributed by atoms with Crippen LogP contribution in [-0.4, -0.2) is 57.7 Å². The molecule has 1 atom stereocenters. The van der Waals surface area contributed by atoms with Gasteiger partial charge >= 0.3 is 0 Å². The Labute approximate surface area is 215 Å². The van der Waals surface area contributed by atoms with Crippen molar-refractivity contribution >= 4 is 35.8 Å². The van der Waals surface area contributed by atoms with E-state index in [0.29, 0.717) is 12.1 Å². The fraction of sp³-hybridized carbons (Fsp3) is 0.440. The topological polar surface area (TPSA) is 75.2 Å². The monoisotopic (exact) mass is 568 g/mol. The molecule has 0 fully saturated rings. The van der Waals surface area contributed by atoms with E-state index in [0.717, 1.165) is 48.0 Å². The first-order valence-electron chi connectivity index (χ1n) is 10.9. The molecule has 0 radical (unpaired) electrons. The first-order chi connectivity index (χ1) is 15.4. The first kappa shape index (κ1) is 28.5. The van der Waals surface area contributed by atoms with E-state index in [1.807, 2.05) is 56.4 Å². The molecule has 2 aromatic carbocycles. The third kappa shape index (κ3) is 8.75. The Balaban J connectivity index is 0.00000544. The number of hydrogen-bond acceptors (Lipinski definition) is 4. The summed E-state index contributed by atoms with van der Waals surface area (Å²) >= 11 is 0. The van der Waals surface area contributed by atoms with Crippen molar-refractivity contribution in [3.05, 3.63) is 59.2 Å². The van der Waals surface area contributed by atoms with Crippen molar-refractivity contribution in [1.82, 2.24) is 15.5 Å². The second-order valence-electron chi connectivity index (χ2n) is 7.74. The summed E-state index contributed by atoms with van der Waals surface area (Å²) in [6.45, 7) is 5.42. The molecule has 0 aliphatic rings. The highest BCUT2D eigenvalue weighted by Gasteiger charge is 2.11. The summed E-state index contributed by atoms with van der Waals surface area (Å²) in [5.74, 6) is 2.20. The van der Waals surface area contributed by atoms with Crippen LogP contribution in [0.1, 0.15) is 41.8 Å². The van der Waals surface area contributed by atoms with Crippen LogP contribution in [0.15, 0.2) is 47.5 Å². The molecule has 0 heterocycles. The van der Waals surface area contributed by atoms with E-state index in [9.17, 15) is 4.79 Å². The second-order valence-corrected chi connectivity index (χ2v) is 7.74. The number of methoxy groups -OCH3 is 2. The number of aliphatic imine (C=N–C) groups is 1. The first-order valence-corrected chi connectivity index (χ1v) is 10.9. The van der Waals surface area contributed by atoms with Gasteiger partial charge in [0.25, 0.3) is 5.91 Å². The van der Waals surface area contributed by atoms with E-state index in [4.69, 9.17) is 9.47 Å². The van der Waals surface area contributed by atoms with Gasteiger partial charge in [0.1, 0.15) is 0 Å². The Hall–Kier alpha value is -2.49. The molecule has 2 N–H and O–H groups in total. The largest absolute Gasteiger partial charge is 0.493 e. The summed E-state index contributed by atoms with van der Waals surface area (Å²) in [4.78, 5) is 18.9. The fourth-order valence-corrected chi connectivity index (χ4v) is 3.24. The van der Waals surface area contributed by atoms with Crippen molar-refractivity contribution in [3.63, 3.8) is 0 Å². The Bertz CT molecular complexity index is 920. The predicted octanol–water partition coefficient (Wildman–Crippen LogP) is 4.10. The summed E-state index contributed by atoms with van der Waals surface area (Å²) in [6.07, 6.45) is 1.74. The van der Waals surface area contributed by atoms with E-state index in [-0.39, 0.29) is 35.9 Å². The molecule has 8 heteroatoms. The number of carbonyl (C=O) groups excluding carboxylic acids is 1. The van der Waals surface area contributed by atoms with E-state index >= 15 is 0 Å². The molecule has 0 aliphatic carbocycles. The molecule has 0 aliphatic heterocycles. The summed E-state index contributed by atoms with van der Waals surface area (Å²) in [5, 5.41) is 6.39. The van der Waals surface area contributed by atoms with Crippen LogP contribution in [0.5, 0.6) is 11.5 Å². The molecular formula is C25H37IN4O3. The molecule has 0 bridgehead atoms. The average molecular weight is 569 g/mol. The van der Waals surface area contributed by atoms with Crippen molar-refractivity contribution < 1.29 is 14.3 Å². The second kappa shape index (κ2) is 14.6. The lowest BCUT2D eigenvalue weighted by molar-refractivity contribution is 0.0939. The van der Waals surface area contributed by atoms with Gasteiger partial charge in [0.2, 0.25) is 0 Å². The van der Waals surface area contributed by atoms with Crippen LogP contribution in [0.4, 0.5) is 0 Å². The van der Waals surface area contributed by atoms with Crippen LogP contribution in [0, 0.1) is 0 Å². The van der Waals surface area contributed by atoms with Gasteiger partial charge in [-0.15, -0.1) is 24.0 Å². The van der Waals surface area contributed by atoms with Crippen LogP contribution in [0.25, 0.3) is 0 Å². The van der Waals surface area contributed by atoms with Gasteiger partial charge in [0, 0.05) is 38.8 Å². The van der Waals surface area contributed by atoms with Crippen molar-refractivity contribution in [2.75, 3.05) is 34.9 Å². The average Bonchev–Trinajstić information content (AvgIpc) is 2.82. The Morgan fingerprint density at radius 3 is 2.45 bits per heavy atom. The minimum atomic E-state index is -0.0439. The highest BCUT2D eigenvalue weighted by Crippen LogP contribution is 2.27. The number of halogens is 1. The van der Waals surface area contributed by atoms with Gasteiger partial charge in [-0.25, -0.2) is 0 Å². The predicted molar refractivity (Wildman–Crippen MR) is 145 cm³/mol. The zero-order valence-electron chi connectivity index (χ0n) is 20.5. The molecule has 0 aromatic heterocycles.